The van der Waals surface area contributed by atoms with Crippen LogP contribution in [0.2, 0.25) is 0 Å². The average molecular weight is 352 g/mol. The van der Waals surface area contributed by atoms with E-state index < -0.39 is 0 Å². The molecular weight excluding hydrogens is 318 g/mol. The van der Waals surface area contributed by atoms with Gasteiger partial charge >= 0.3 is 0 Å². The minimum atomic E-state index is 0.0378. The van der Waals surface area contributed by atoms with Gasteiger partial charge in [-0.15, -0.1) is 11.3 Å². The fourth-order valence-electron chi connectivity index (χ4n) is 2.94. The fourth-order valence-corrected chi connectivity index (χ4v) is 3.67. The molecule has 1 saturated heterocycles. The number of guanidine groups is 1. The third kappa shape index (κ3) is 6.40. The molecule has 2 N–H and O–H groups in total. The van der Waals surface area contributed by atoms with Gasteiger partial charge in [0.25, 0.3) is 0 Å². The van der Waals surface area contributed by atoms with Crippen molar-refractivity contribution in [2.24, 2.45) is 10.9 Å². The van der Waals surface area contributed by atoms with Crippen LogP contribution in [-0.4, -0.2) is 48.1 Å². The van der Waals surface area contributed by atoms with E-state index in [1.807, 2.05) is 7.05 Å². The summed E-state index contributed by atoms with van der Waals surface area (Å²) in [6.07, 6.45) is 3.52. The molecule has 0 aromatic carbocycles. The van der Waals surface area contributed by atoms with Crippen molar-refractivity contribution in [3.05, 3.63) is 16.1 Å². The van der Waals surface area contributed by atoms with Crippen LogP contribution < -0.4 is 10.6 Å². The Balaban J connectivity index is 1.70. The molecule has 1 aliphatic heterocycles. The van der Waals surface area contributed by atoms with Gasteiger partial charge in [-0.1, -0.05) is 6.92 Å². The molecule has 0 unspecified atom stereocenters. The quantitative estimate of drug-likeness (QED) is 0.633. The van der Waals surface area contributed by atoms with Crippen LogP contribution in [-0.2, 0) is 13.0 Å². The summed E-state index contributed by atoms with van der Waals surface area (Å²) in [5.74, 6) is 1.63. The van der Waals surface area contributed by atoms with E-state index in [9.17, 15) is 0 Å². The molecule has 2 heterocycles. The van der Waals surface area contributed by atoms with E-state index in [0.29, 0.717) is 0 Å². The highest BCUT2D eigenvalue weighted by atomic mass is 32.1. The Morgan fingerprint density at radius 3 is 2.62 bits per heavy atom. The van der Waals surface area contributed by atoms with Crippen LogP contribution >= 0.6 is 11.3 Å². The molecule has 0 atom stereocenters. The Kier molecular flexibility index (Phi) is 7.04. The van der Waals surface area contributed by atoms with Crippen molar-refractivity contribution in [2.45, 2.75) is 59.0 Å². The monoisotopic (exact) mass is 351 g/mol. The van der Waals surface area contributed by atoms with Gasteiger partial charge < -0.3 is 10.6 Å². The number of aryl methyl sites for hydroxylation is 1. The first-order chi connectivity index (χ1) is 11.4. The van der Waals surface area contributed by atoms with Crippen LogP contribution in [0.4, 0.5) is 0 Å². The Morgan fingerprint density at radius 1 is 1.38 bits per heavy atom. The Morgan fingerprint density at radius 2 is 2.08 bits per heavy atom. The standard InChI is InChI=1S/C18H33N5S/c1-6-16-21-15(13-24-16)12-23-9-7-14(8-10-23)11-20-17(19-5)22-18(2,3)4/h13-14H,6-12H2,1-5H3,(H2,19,20,22). The minimum absolute atomic E-state index is 0.0378. The number of aromatic nitrogens is 1. The lowest BCUT2D eigenvalue weighted by Crippen LogP contribution is -2.49. The number of thiazole rings is 1. The van der Waals surface area contributed by atoms with Crippen LogP contribution in [0.15, 0.2) is 10.4 Å². The molecular formula is C18H33N5S. The maximum atomic E-state index is 4.69. The Bertz CT molecular complexity index is 524. The van der Waals surface area contributed by atoms with Gasteiger partial charge in [-0.05, 0) is 59.0 Å². The summed E-state index contributed by atoms with van der Waals surface area (Å²) >= 11 is 1.79. The van der Waals surface area contributed by atoms with Crippen molar-refractivity contribution in [3.8, 4) is 0 Å². The first-order valence-electron chi connectivity index (χ1n) is 9.04. The van der Waals surface area contributed by atoms with E-state index in [-0.39, 0.29) is 5.54 Å². The lowest BCUT2D eigenvalue weighted by molar-refractivity contribution is 0.176. The predicted octanol–water partition coefficient (Wildman–Crippen LogP) is 2.88. The predicted molar refractivity (Wildman–Crippen MR) is 104 cm³/mol. The highest BCUT2D eigenvalue weighted by Crippen LogP contribution is 2.19. The molecule has 24 heavy (non-hydrogen) atoms. The maximum Gasteiger partial charge on any atom is 0.191 e. The lowest BCUT2D eigenvalue weighted by atomic mass is 9.97. The molecule has 6 heteroatoms. The number of aliphatic imine (C=N–C) groups is 1. The second kappa shape index (κ2) is 8.81. The van der Waals surface area contributed by atoms with Crippen molar-refractivity contribution in [1.29, 1.82) is 0 Å². The van der Waals surface area contributed by atoms with Gasteiger partial charge in [0.2, 0.25) is 0 Å². The zero-order chi connectivity index (χ0) is 17.6. The normalized spacial score (nSPS) is 18.0. The van der Waals surface area contributed by atoms with E-state index in [2.05, 4.69) is 58.6 Å². The second-order valence-corrected chi connectivity index (χ2v) is 8.58. The molecule has 0 spiro atoms. The van der Waals surface area contributed by atoms with Crippen LogP contribution in [0, 0.1) is 5.92 Å². The highest BCUT2D eigenvalue weighted by molar-refractivity contribution is 7.09. The summed E-state index contributed by atoms with van der Waals surface area (Å²) in [6.45, 7) is 13.0. The average Bonchev–Trinajstić information content (AvgIpc) is 2.99. The van der Waals surface area contributed by atoms with Crippen molar-refractivity contribution in [3.63, 3.8) is 0 Å². The van der Waals surface area contributed by atoms with E-state index in [1.54, 1.807) is 11.3 Å². The zero-order valence-corrected chi connectivity index (χ0v) is 16.7. The molecule has 0 radical (unpaired) electrons. The number of hydrogen-bond donors (Lipinski definition) is 2. The van der Waals surface area contributed by atoms with Crippen LogP contribution in [0.5, 0.6) is 0 Å². The van der Waals surface area contributed by atoms with Crippen LogP contribution in [0.3, 0.4) is 0 Å². The van der Waals surface area contributed by atoms with Gasteiger partial charge in [0, 0.05) is 31.1 Å². The number of rotatable bonds is 5. The minimum Gasteiger partial charge on any atom is -0.356 e. The second-order valence-electron chi connectivity index (χ2n) is 7.63. The molecule has 0 saturated carbocycles. The summed E-state index contributed by atoms with van der Waals surface area (Å²) in [4.78, 5) is 11.5. The van der Waals surface area contributed by atoms with Gasteiger partial charge in [0.15, 0.2) is 5.96 Å². The smallest absolute Gasteiger partial charge is 0.191 e. The van der Waals surface area contributed by atoms with Gasteiger partial charge in [-0.3, -0.25) is 9.89 Å². The summed E-state index contributed by atoms with van der Waals surface area (Å²) < 4.78 is 0. The topological polar surface area (TPSA) is 52.6 Å². The van der Waals surface area contributed by atoms with Crippen molar-refractivity contribution < 1.29 is 0 Å². The molecule has 5 nitrogen and oxygen atoms in total. The third-order valence-electron chi connectivity index (χ3n) is 4.27. The van der Waals surface area contributed by atoms with Gasteiger partial charge in [0.1, 0.15) is 0 Å². The van der Waals surface area contributed by atoms with Crippen molar-refractivity contribution in [2.75, 3.05) is 26.7 Å². The largest absolute Gasteiger partial charge is 0.356 e. The SMILES string of the molecule is CCc1nc(CN2CCC(CNC(=NC)NC(C)(C)C)CC2)cs1. The molecule has 0 amide bonds. The maximum absolute atomic E-state index is 4.69. The highest BCUT2D eigenvalue weighted by Gasteiger charge is 2.20. The van der Waals surface area contributed by atoms with E-state index in [0.717, 1.165) is 44.5 Å². The number of nitrogens with zero attached hydrogens (tertiary/aromatic N) is 3. The lowest BCUT2D eigenvalue weighted by Gasteiger charge is -2.32. The van der Waals surface area contributed by atoms with Crippen molar-refractivity contribution >= 4 is 17.3 Å². The van der Waals surface area contributed by atoms with Crippen molar-refractivity contribution in [1.82, 2.24) is 20.5 Å². The third-order valence-corrected chi connectivity index (χ3v) is 5.31. The van der Waals surface area contributed by atoms with Gasteiger partial charge in [0.05, 0.1) is 10.7 Å². The van der Waals surface area contributed by atoms with Crippen LogP contribution in [0.25, 0.3) is 0 Å². The Labute approximate surface area is 151 Å². The fraction of sp³-hybridized carbons (Fsp3) is 0.778. The summed E-state index contributed by atoms with van der Waals surface area (Å²) in [5, 5.41) is 10.4. The molecule has 1 aromatic heterocycles. The van der Waals surface area contributed by atoms with Crippen LogP contribution in [0.1, 0.15) is 51.2 Å². The summed E-state index contributed by atoms with van der Waals surface area (Å²) in [7, 11) is 1.84. The van der Waals surface area contributed by atoms with E-state index in [1.165, 1.54) is 23.5 Å². The molecule has 1 aromatic rings. The molecule has 136 valence electrons. The molecule has 0 bridgehead atoms. The number of piperidine rings is 1. The number of likely N-dealkylation sites (tertiary alicyclic amines) is 1. The molecule has 1 fully saturated rings. The summed E-state index contributed by atoms with van der Waals surface area (Å²) in [6, 6.07) is 0. The molecule has 2 rings (SSSR count). The molecule has 0 aliphatic carbocycles. The summed E-state index contributed by atoms with van der Waals surface area (Å²) in [5.41, 5.74) is 1.28. The Hall–Kier alpha value is -1.14. The first-order valence-corrected chi connectivity index (χ1v) is 9.92. The zero-order valence-electron chi connectivity index (χ0n) is 15.9. The number of hydrogen-bond acceptors (Lipinski definition) is 4. The van der Waals surface area contributed by atoms with Gasteiger partial charge in [-0.25, -0.2) is 4.98 Å². The van der Waals surface area contributed by atoms with E-state index >= 15 is 0 Å². The first kappa shape index (κ1) is 19.2. The van der Waals surface area contributed by atoms with Gasteiger partial charge in [-0.2, -0.15) is 0 Å². The molecule has 1 aliphatic rings. The number of nitrogens with one attached hydrogen (secondary N) is 2. The van der Waals surface area contributed by atoms with E-state index in [4.69, 9.17) is 0 Å².